The monoisotopic (exact) mass is 384 g/mol. The molecule has 0 spiro atoms. The van der Waals surface area contributed by atoms with Crippen LogP contribution in [0.15, 0.2) is 60.2 Å². The molecule has 2 aromatic carbocycles. The second-order valence-electron chi connectivity index (χ2n) is 6.44. The van der Waals surface area contributed by atoms with Crippen LogP contribution in [0.4, 0.5) is 0 Å². The minimum Gasteiger partial charge on any atom is -0.422 e. The Hall–Kier alpha value is -4.16. The quantitative estimate of drug-likeness (QED) is 0.290. The molecule has 0 heterocycles. The van der Waals surface area contributed by atoms with Gasteiger partial charge in [0.2, 0.25) is 6.29 Å². The summed E-state index contributed by atoms with van der Waals surface area (Å²) in [7, 11) is 0. The summed E-state index contributed by atoms with van der Waals surface area (Å²) in [6.07, 6.45) is -1.10. The molecule has 1 unspecified atom stereocenters. The molecule has 6 heteroatoms. The first kappa shape index (κ1) is 19.6. The number of nitriles is 2. The molecule has 2 aromatic rings. The fourth-order valence-electron chi connectivity index (χ4n) is 3.09. The number of carbonyl (C=O) groups is 2. The molecule has 1 aliphatic carbocycles. The van der Waals surface area contributed by atoms with Gasteiger partial charge in [-0.25, -0.2) is 9.59 Å². The molecule has 0 saturated carbocycles. The van der Waals surface area contributed by atoms with E-state index >= 15 is 0 Å². The third-order valence-electron chi connectivity index (χ3n) is 4.38. The van der Waals surface area contributed by atoms with Gasteiger partial charge in [0.25, 0.3) is 0 Å². The van der Waals surface area contributed by atoms with Crippen LogP contribution < -0.4 is 0 Å². The normalized spacial score (nSPS) is 11.9. The van der Waals surface area contributed by atoms with E-state index in [1.54, 1.807) is 18.2 Å². The number of carbonyl (C=O) groups excluding carboxylic acids is 2. The Morgan fingerprint density at radius 1 is 0.966 bits per heavy atom. The van der Waals surface area contributed by atoms with E-state index in [9.17, 15) is 20.1 Å². The fourth-order valence-corrected chi connectivity index (χ4v) is 3.09. The summed E-state index contributed by atoms with van der Waals surface area (Å²) in [6.45, 7) is 6.39. The van der Waals surface area contributed by atoms with Crippen LogP contribution in [0.1, 0.15) is 35.3 Å². The number of rotatable bonds is 4. The summed E-state index contributed by atoms with van der Waals surface area (Å²) < 4.78 is 10.1. The Balaban J connectivity index is 1.98. The van der Waals surface area contributed by atoms with Gasteiger partial charge in [-0.05, 0) is 41.3 Å². The zero-order chi connectivity index (χ0) is 21.1. The number of ether oxygens (including phenoxy) is 2. The van der Waals surface area contributed by atoms with Crippen molar-refractivity contribution in [2.75, 3.05) is 0 Å². The van der Waals surface area contributed by atoms with Crippen molar-refractivity contribution in [3.05, 3.63) is 76.9 Å². The standard InChI is InChI=1S/C23H16N2O4/c1-13(2)22(26)28-14(3)29-23(27)15-8-9-18-17-6-4-5-7-19(17)21(20(18)10-15)16(11-24)12-25/h4-10,14H,1H2,2-3H3. The van der Waals surface area contributed by atoms with E-state index in [-0.39, 0.29) is 16.7 Å². The van der Waals surface area contributed by atoms with E-state index in [1.165, 1.54) is 13.8 Å². The second-order valence-corrected chi connectivity index (χ2v) is 6.44. The number of fused-ring (bicyclic) bond motifs is 3. The van der Waals surface area contributed by atoms with E-state index in [0.717, 1.165) is 16.7 Å². The summed E-state index contributed by atoms with van der Waals surface area (Å²) in [4.78, 5) is 24.1. The van der Waals surface area contributed by atoms with Gasteiger partial charge < -0.3 is 9.47 Å². The Kier molecular flexibility index (Phi) is 5.29. The van der Waals surface area contributed by atoms with Crippen LogP contribution in [0.3, 0.4) is 0 Å². The molecule has 29 heavy (non-hydrogen) atoms. The Labute approximate surface area is 167 Å². The number of nitrogens with zero attached hydrogens (tertiary/aromatic N) is 2. The number of esters is 2. The van der Waals surface area contributed by atoms with E-state index in [1.807, 2.05) is 36.4 Å². The Morgan fingerprint density at radius 2 is 1.59 bits per heavy atom. The molecular weight excluding hydrogens is 368 g/mol. The van der Waals surface area contributed by atoms with Crippen molar-refractivity contribution < 1.29 is 19.1 Å². The topological polar surface area (TPSA) is 100 Å². The van der Waals surface area contributed by atoms with Crippen molar-refractivity contribution in [3.8, 4) is 23.3 Å². The fraction of sp³-hybridized carbons (Fsp3) is 0.130. The molecular formula is C23H16N2O4. The molecule has 0 saturated heterocycles. The number of hydrogen-bond donors (Lipinski definition) is 0. The van der Waals surface area contributed by atoms with Crippen molar-refractivity contribution in [1.82, 2.24) is 0 Å². The van der Waals surface area contributed by atoms with Crippen LogP contribution in [0.2, 0.25) is 0 Å². The van der Waals surface area contributed by atoms with E-state index in [2.05, 4.69) is 6.58 Å². The van der Waals surface area contributed by atoms with Gasteiger partial charge in [0.05, 0.1) is 5.56 Å². The zero-order valence-electron chi connectivity index (χ0n) is 15.9. The van der Waals surface area contributed by atoms with Gasteiger partial charge >= 0.3 is 11.9 Å². The Bertz CT molecular complexity index is 1150. The zero-order valence-corrected chi connectivity index (χ0v) is 15.9. The van der Waals surface area contributed by atoms with Gasteiger partial charge in [-0.1, -0.05) is 36.9 Å². The molecule has 6 nitrogen and oxygen atoms in total. The van der Waals surface area contributed by atoms with Gasteiger partial charge in [0.1, 0.15) is 17.7 Å². The molecule has 1 atom stereocenters. The minimum atomic E-state index is -1.10. The van der Waals surface area contributed by atoms with Crippen molar-refractivity contribution in [2.45, 2.75) is 20.1 Å². The van der Waals surface area contributed by atoms with Crippen molar-refractivity contribution in [1.29, 1.82) is 10.5 Å². The first-order valence-corrected chi connectivity index (χ1v) is 8.73. The van der Waals surface area contributed by atoms with Gasteiger partial charge in [-0.15, -0.1) is 0 Å². The van der Waals surface area contributed by atoms with Crippen molar-refractivity contribution >= 4 is 17.5 Å². The van der Waals surface area contributed by atoms with Gasteiger partial charge in [0.15, 0.2) is 0 Å². The van der Waals surface area contributed by atoms with Crippen LogP contribution >= 0.6 is 0 Å². The van der Waals surface area contributed by atoms with Crippen LogP contribution in [0.5, 0.6) is 0 Å². The molecule has 0 bridgehead atoms. The van der Waals surface area contributed by atoms with Gasteiger partial charge in [-0.3, -0.25) is 0 Å². The number of allylic oxidation sites excluding steroid dienone is 1. The molecule has 0 N–H and O–H groups in total. The molecule has 0 aromatic heterocycles. The van der Waals surface area contributed by atoms with Crippen LogP contribution in [0, 0.1) is 22.7 Å². The lowest BCUT2D eigenvalue weighted by Gasteiger charge is -2.14. The number of benzene rings is 2. The first-order valence-electron chi connectivity index (χ1n) is 8.73. The number of hydrogen-bond acceptors (Lipinski definition) is 6. The van der Waals surface area contributed by atoms with Crippen molar-refractivity contribution in [3.63, 3.8) is 0 Å². The largest absolute Gasteiger partial charge is 0.422 e. The first-order chi connectivity index (χ1) is 13.9. The lowest BCUT2D eigenvalue weighted by Crippen LogP contribution is -2.22. The summed E-state index contributed by atoms with van der Waals surface area (Å²) >= 11 is 0. The predicted octanol–water partition coefficient (Wildman–Crippen LogP) is 4.14. The maximum absolute atomic E-state index is 12.5. The summed E-state index contributed by atoms with van der Waals surface area (Å²) in [6, 6.07) is 16.2. The van der Waals surface area contributed by atoms with E-state index in [4.69, 9.17) is 9.47 Å². The summed E-state index contributed by atoms with van der Waals surface area (Å²) in [5.41, 5.74) is 3.91. The average Bonchev–Trinajstić information content (AvgIpc) is 3.03. The summed E-state index contributed by atoms with van der Waals surface area (Å²) in [5, 5.41) is 18.8. The highest BCUT2D eigenvalue weighted by Gasteiger charge is 2.28. The maximum atomic E-state index is 12.5. The summed E-state index contributed by atoms with van der Waals surface area (Å²) in [5.74, 6) is -1.35. The lowest BCUT2D eigenvalue weighted by atomic mass is 9.98. The molecule has 142 valence electrons. The third kappa shape index (κ3) is 3.65. The van der Waals surface area contributed by atoms with Crippen LogP contribution in [-0.2, 0) is 14.3 Å². The SMILES string of the molecule is C=C(C)C(=O)OC(C)OC(=O)c1ccc2c(c1)C(=C(C#N)C#N)c1ccccc1-2. The molecule has 3 rings (SSSR count). The smallest absolute Gasteiger partial charge is 0.341 e. The average molecular weight is 384 g/mol. The lowest BCUT2D eigenvalue weighted by molar-refractivity contribution is -0.160. The second kappa shape index (κ2) is 7.84. The van der Waals surface area contributed by atoms with Gasteiger partial charge in [-0.2, -0.15) is 10.5 Å². The highest BCUT2D eigenvalue weighted by atomic mass is 16.7. The van der Waals surface area contributed by atoms with E-state index in [0.29, 0.717) is 11.1 Å². The molecule has 0 radical (unpaired) electrons. The molecule has 0 aliphatic heterocycles. The maximum Gasteiger partial charge on any atom is 0.341 e. The molecule has 1 aliphatic rings. The van der Waals surface area contributed by atoms with Gasteiger partial charge in [0, 0.05) is 18.1 Å². The van der Waals surface area contributed by atoms with E-state index < -0.39 is 18.2 Å². The van der Waals surface area contributed by atoms with Crippen molar-refractivity contribution in [2.24, 2.45) is 0 Å². The Morgan fingerprint density at radius 3 is 2.21 bits per heavy atom. The highest BCUT2D eigenvalue weighted by Crippen LogP contribution is 2.45. The molecule has 0 fully saturated rings. The van der Waals surface area contributed by atoms with Crippen LogP contribution in [0.25, 0.3) is 16.7 Å². The van der Waals surface area contributed by atoms with Crippen LogP contribution in [-0.4, -0.2) is 18.2 Å². The third-order valence-corrected chi connectivity index (χ3v) is 4.38. The predicted molar refractivity (Wildman–Crippen MR) is 105 cm³/mol. The minimum absolute atomic E-state index is 0.0366. The molecule has 0 amide bonds. The highest BCUT2D eigenvalue weighted by molar-refractivity contribution is 6.05.